The normalized spacial score (nSPS) is 20.1. The van der Waals surface area contributed by atoms with E-state index in [-0.39, 0.29) is 24.9 Å². The molecule has 1 saturated heterocycles. The highest BCUT2D eigenvalue weighted by Gasteiger charge is 2.44. The monoisotopic (exact) mass is 932 g/mol. The molecule has 0 bridgehead atoms. The van der Waals surface area contributed by atoms with Crippen molar-refractivity contribution in [2.75, 3.05) is 19.8 Å². The smallest absolute Gasteiger partial charge is 0.305 e. The highest BCUT2D eigenvalue weighted by Crippen LogP contribution is 2.22. The molecule has 66 heavy (non-hydrogen) atoms. The number of hydrogen-bond donors (Lipinski definition) is 6. The first kappa shape index (κ1) is 61.4. The number of rotatable bonds is 44. The number of hydrogen-bond acceptors (Lipinski definition) is 10. The van der Waals surface area contributed by atoms with Gasteiger partial charge < -0.3 is 45.1 Å². The van der Waals surface area contributed by atoms with Crippen LogP contribution in [0.4, 0.5) is 0 Å². The number of allylic oxidation sites excluding steroid dienone is 9. The van der Waals surface area contributed by atoms with Crippen LogP contribution < -0.4 is 5.32 Å². The molecule has 0 aromatic heterocycles. The van der Waals surface area contributed by atoms with Gasteiger partial charge in [-0.3, -0.25) is 9.59 Å². The van der Waals surface area contributed by atoms with Crippen molar-refractivity contribution in [3.63, 3.8) is 0 Å². The van der Waals surface area contributed by atoms with Crippen LogP contribution in [0.5, 0.6) is 0 Å². The van der Waals surface area contributed by atoms with Crippen molar-refractivity contribution >= 4 is 11.9 Å². The predicted octanol–water partition coefficient (Wildman–Crippen LogP) is 11.1. The van der Waals surface area contributed by atoms with Gasteiger partial charge in [0.15, 0.2) is 6.29 Å². The minimum Gasteiger partial charge on any atom is -0.466 e. The van der Waals surface area contributed by atoms with Crippen LogP contribution in [0.25, 0.3) is 0 Å². The molecule has 6 N–H and O–H groups in total. The first-order valence-electron chi connectivity index (χ1n) is 26.6. The SMILES string of the molecule is CCC/C=C\C/C=C\CCCCCCCC(=O)OCCCCCCCC/C=C\C/C=C\CCC(=O)NC(COC1OC(CO)C(O)C(O)C1O)C(O)/C=C/CCCCCCCCCCCC. The van der Waals surface area contributed by atoms with Gasteiger partial charge in [0.05, 0.1) is 32.0 Å². The number of aliphatic hydroxyl groups excluding tert-OH is 5. The lowest BCUT2D eigenvalue weighted by Gasteiger charge is -2.40. The van der Waals surface area contributed by atoms with Gasteiger partial charge in [0.25, 0.3) is 0 Å². The Morgan fingerprint density at radius 2 is 1.06 bits per heavy atom. The van der Waals surface area contributed by atoms with E-state index >= 15 is 0 Å². The third-order valence-corrected chi connectivity index (χ3v) is 12.1. The Morgan fingerprint density at radius 1 is 0.561 bits per heavy atom. The molecule has 11 heteroatoms. The zero-order valence-electron chi connectivity index (χ0n) is 41.6. The van der Waals surface area contributed by atoms with Crippen LogP contribution in [0.15, 0.2) is 60.8 Å². The molecular weight excluding hydrogens is 835 g/mol. The van der Waals surface area contributed by atoms with Gasteiger partial charge in [-0.05, 0) is 77.0 Å². The Bertz CT molecular complexity index is 1280. The summed E-state index contributed by atoms with van der Waals surface area (Å²) in [5.74, 6) is -0.321. The van der Waals surface area contributed by atoms with E-state index in [4.69, 9.17) is 14.2 Å². The van der Waals surface area contributed by atoms with Crippen LogP contribution in [0.3, 0.4) is 0 Å². The number of unbranched alkanes of at least 4 members (excludes halogenated alkanes) is 22. The Labute approximate surface area is 401 Å². The summed E-state index contributed by atoms with van der Waals surface area (Å²) < 4.78 is 16.6. The summed E-state index contributed by atoms with van der Waals surface area (Å²) >= 11 is 0. The molecule has 382 valence electrons. The fraction of sp³-hybridized carbons (Fsp3) is 0.782. The number of amides is 1. The molecule has 0 radical (unpaired) electrons. The largest absolute Gasteiger partial charge is 0.466 e. The maximum absolute atomic E-state index is 13.0. The minimum absolute atomic E-state index is 0.0558. The predicted molar refractivity (Wildman–Crippen MR) is 269 cm³/mol. The van der Waals surface area contributed by atoms with E-state index in [0.717, 1.165) is 83.5 Å². The highest BCUT2D eigenvalue weighted by molar-refractivity contribution is 5.76. The van der Waals surface area contributed by atoms with E-state index < -0.39 is 49.5 Å². The molecule has 1 aliphatic heterocycles. The van der Waals surface area contributed by atoms with Crippen molar-refractivity contribution in [2.45, 2.75) is 256 Å². The highest BCUT2D eigenvalue weighted by atomic mass is 16.7. The number of carbonyl (C=O) groups is 2. The number of ether oxygens (including phenoxy) is 3. The van der Waals surface area contributed by atoms with Crippen molar-refractivity contribution in [1.29, 1.82) is 0 Å². The average molecular weight is 932 g/mol. The van der Waals surface area contributed by atoms with Crippen molar-refractivity contribution in [3.05, 3.63) is 60.8 Å². The summed E-state index contributed by atoms with van der Waals surface area (Å²) in [5.41, 5.74) is 0. The Balaban J connectivity index is 2.23. The van der Waals surface area contributed by atoms with Crippen LogP contribution in [0, 0.1) is 0 Å². The molecule has 0 saturated carbocycles. The lowest BCUT2D eigenvalue weighted by Crippen LogP contribution is -2.60. The zero-order chi connectivity index (χ0) is 48.1. The Morgan fingerprint density at radius 3 is 1.62 bits per heavy atom. The minimum atomic E-state index is -1.59. The van der Waals surface area contributed by atoms with Gasteiger partial charge in [0.2, 0.25) is 5.91 Å². The molecular formula is C55H97NO10. The van der Waals surface area contributed by atoms with Gasteiger partial charge in [-0.15, -0.1) is 0 Å². The molecule has 0 aromatic carbocycles. The van der Waals surface area contributed by atoms with Crippen LogP contribution in [-0.4, -0.2) is 100 Å². The van der Waals surface area contributed by atoms with Crippen LogP contribution in [-0.2, 0) is 23.8 Å². The summed E-state index contributed by atoms with van der Waals surface area (Å²) in [6.45, 7) is 4.15. The van der Waals surface area contributed by atoms with Crippen molar-refractivity contribution in [2.24, 2.45) is 0 Å². The lowest BCUT2D eigenvalue weighted by atomic mass is 9.99. The zero-order valence-corrected chi connectivity index (χ0v) is 41.6. The van der Waals surface area contributed by atoms with E-state index in [9.17, 15) is 35.1 Å². The molecule has 0 aromatic rings. The van der Waals surface area contributed by atoms with Gasteiger partial charge in [0.1, 0.15) is 24.4 Å². The molecule has 7 unspecified atom stereocenters. The Kier molecular flexibility index (Phi) is 41.7. The molecule has 0 spiro atoms. The number of nitrogens with one attached hydrogen (secondary N) is 1. The van der Waals surface area contributed by atoms with Gasteiger partial charge in [-0.2, -0.15) is 0 Å². The second kappa shape index (κ2) is 44.8. The van der Waals surface area contributed by atoms with Gasteiger partial charge in [-0.1, -0.05) is 184 Å². The van der Waals surface area contributed by atoms with Gasteiger partial charge >= 0.3 is 5.97 Å². The molecule has 1 fully saturated rings. The molecule has 7 atom stereocenters. The lowest BCUT2D eigenvalue weighted by molar-refractivity contribution is -0.302. The van der Waals surface area contributed by atoms with Crippen LogP contribution >= 0.6 is 0 Å². The molecule has 1 heterocycles. The molecule has 1 rings (SSSR count). The fourth-order valence-electron chi connectivity index (χ4n) is 7.81. The average Bonchev–Trinajstić information content (AvgIpc) is 3.31. The van der Waals surface area contributed by atoms with E-state index in [1.165, 1.54) is 96.3 Å². The summed E-state index contributed by atoms with van der Waals surface area (Å²) in [7, 11) is 0. The van der Waals surface area contributed by atoms with Crippen molar-refractivity contribution < 1.29 is 49.3 Å². The van der Waals surface area contributed by atoms with Gasteiger partial charge in [0, 0.05) is 12.8 Å². The van der Waals surface area contributed by atoms with Gasteiger partial charge in [-0.25, -0.2) is 0 Å². The number of aliphatic hydroxyl groups is 5. The van der Waals surface area contributed by atoms with E-state index in [2.05, 4.69) is 55.6 Å². The van der Waals surface area contributed by atoms with E-state index in [1.54, 1.807) is 6.08 Å². The fourth-order valence-corrected chi connectivity index (χ4v) is 7.81. The standard InChI is InChI=1S/C55H97NO10/c1-3-5-7-9-11-13-15-18-23-27-31-35-39-43-51(60)64-44-40-36-32-28-24-20-17-19-22-26-30-34-38-42-50(59)56-47(46-65-55-54(63)53(62)52(61)49(45-57)66-55)48(58)41-37-33-29-25-21-16-14-12-10-8-6-4-2/h7,9,13,15,19,22,30,34,37,41,47-49,52-55,57-58,61-63H,3-6,8,10-12,14,16-18,20-21,23-29,31-33,35-36,38-40,42-46H2,1-2H3,(H,56,59)/b9-7-,15-13-,22-19-,34-30-,41-37+. The van der Waals surface area contributed by atoms with E-state index in [0.29, 0.717) is 19.4 Å². The Hall–Kier alpha value is -2.64. The maximum atomic E-state index is 13.0. The van der Waals surface area contributed by atoms with Crippen LogP contribution in [0.1, 0.15) is 213 Å². The molecule has 0 aliphatic carbocycles. The second-order valence-corrected chi connectivity index (χ2v) is 18.2. The summed E-state index contributed by atoms with van der Waals surface area (Å²) in [6.07, 6.45) is 45.9. The molecule has 1 aliphatic rings. The second-order valence-electron chi connectivity index (χ2n) is 18.2. The summed E-state index contributed by atoms with van der Waals surface area (Å²) in [6, 6.07) is -0.855. The third kappa shape index (κ3) is 34.6. The maximum Gasteiger partial charge on any atom is 0.305 e. The van der Waals surface area contributed by atoms with Crippen molar-refractivity contribution in [1.82, 2.24) is 5.32 Å². The molecule has 11 nitrogen and oxygen atoms in total. The first-order chi connectivity index (χ1) is 32.2. The topological polar surface area (TPSA) is 175 Å². The van der Waals surface area contributed by atoms with E-state index in [1.807, 2.05) is 18.2 Å². The van der Waals surface area contributed by atoms with Crippen LogP contribution in [0.2, 0.25) is 0 Å². The first-order valence-corrected chi connectivity index (χ1v) is 26.6. The quantitative estimate of drug-likeness (QED) is 0.0196. The summed E-state index contributed by atoms with van der Waals surface area (Å²) in [5, 5.41) is 54.2. The van der Waals surface area contributed by atoms with Crippen molar-refractivity contribution in [3.8, 4) is 0 Å². The number of carbonyl (C=O) groups excluding carboxylic acids is 2. The number of esters is 1. The third-order valence-electron chi connectivity index (χ3n) is 12.1. The molecule has 1 amide bonds. The summed E-state index contributed by atoms with van der Waals surface area (Å²) in [4.78, 5) is 25.0.